The first kappa shape index (κ1) is 9.66. The summed E-state index contributed by atoms with van der Waals surface area (Å²) in [5.74, 6) is -0.321. The number of rotatable bonds is 3. The normalized spacial score (nSPS) is 9.85. The Morgan fingerprint density at radius 1 is 1.69 bits per heavy atom. The van der Waals surface area contributed by atoms with E-state index in [4.69, 9.17) is 20.7 Å². The summed E-state index contributed by atoms with van der Waals surface area (Å²) in [7, 11) is 0. The van der Waals surface area contributed by atoms with Crippen LogP contribution in [0.2, 0.25) is 0 Å². The Balaban J connectivity index is 2.59. The minimum absolute atomic E-state index is 0.0201. The number of amidine groups is 1. The summed E-state index contributed by atoms with van der Waals surface area (Å²) in [5.41, 5.74) is 5.10. The lowest BCUT2D eigenvalue weighted by Crippen LogP contribution is -2.03. The topological polar surface area (TPSA) is 100 Å². The number of hydrogen-bond donors (Lipinski definition) is 3. The molecule has 1 aromatic rings. The molecule has 0 saturated carbocycles. The third kappa shape index (κ3) is 2.83. The van der Waals surface area contributed by atoms with Gasteiger partial charge in [-0.05, 0) is 12.1 Å². The number of carbonyl (C=O) groups is 1. The van der Waals surface area contributed by atoms with E-state index in [-0.39, 0.29) is 10.9 Å². The van der Waals surface area contributed by atoms with Crippen molar-refractivity contribution in [2.45, 2.75) is 5.75 Å². The maximum atomic E-state index is 10.4. The predicted octanol–water partition coefficient (Wildman–Crippen LogP) is 1.10. The molecular formula is C7H8N2O3S. The number of carboxylic acids is 1. The molecule has 0 bridgehead atoms. The van der Waals surface area contributed by atoms with Gasteiger partial charge in [0.15, 0.2) is 5.17 Å². The van der Waals surface area contributed by atoms with Crippen LogP contribution in [-0.4, -0.2) is 16.2 Å². The van der Waals surface area contributed by atoms with Gasteiger partial charge >= 0.3 is 5.97 Å². The lowest BCUT2D eigenvalue weighted by atomic mass is 10.4. The largest absolute Gasteiger partial charge is 0.475 e. The van der Waals surface area contributed by atoms with Gasteiger partial charge in [-0.1, -0.05) is 11.8 Å². The van der Waals surface area contributed by atoms with Gasteiger partial charge in [-0.15, -0.1) is 0 Å². The van der Waals surface area contributed by atoms with Crippen LogP contribution >= 0.6 is 11.8 Å². The highest BCUT2D eigenvalue weighted by Crippen LogP contribution is 2.14. The minimum atomic E-state index is -1.10. The third-order valence-corrected chi connectivity index (χ3v) is 1.98. The first-order valence-electron chi connectivity index (χ1n) is 3.38. The number of hydrogen-bond acceptors (Lipinski definition) is 4. The fourth-order valence-corrected chi connectivity index (χ4v) is 1.17. The number of aromatic carboxylic acids is 1. The van der Waals surface area contributed by atoms with Gasteiger partial charge in [-0.2, -0.15) is 0 Å². The molecule has 13 heavy (non-hydrogen) atoms. The van der Waals surface area contributed by atoms with Crippen molar-refractivity contribution in [3.8, 4) is 0 Å². The van der Waals surface area contributed by atoms with E-state index in [1.54, 1.807) is 6.07 Å². The molecule has 0 aliphatic rings. The van der Waals surface area contributed by atoms with Crippen LogP contribution in [0.3, 0.4) is 0 Å². The first-order valence-corrected chi connectivity index (χ1v) is 4.37. The van der Waals surface area contributed by atoms with Crippen molar-refractivity contribution in [3.05, 3.63) is 23.7 Å². The van der Waals surface area contributed by atoms with E-state index in [1.807, 2.05) is 0 Å². The van der Waals surface area contributed by atoms with E-state index in [2.05, 4.69) is 0 Å². The molecule has 1 aromatic heterocycles. The molecule has 0 saturated heterocycles. The van der Waals surface area contributed by atoms with Crippen molar-refractivity contribution in [2.24, 2.45) is 5.73 Å². The molecule has 0 amide bonds. The van der Waals surface area contributed by atoms with E-state index in [1.165, 1.54) is 6.07 Å². The van der Waals surface area contributed by atoms with Crippen molar-refractivity contribution in [3.63, 3.8) is 0 Å². The second-order valence-corrected chi connectivity index (χ2v) is 3.24. The molecular weight excluding hydrogens is 192 g/mol. The molecule has 0 aliphatic heterocycles. The van der Waals surface area contributed by atoms with Gasteiger partial charge in [-0.25, -0.2) is 4.79 Å². The van der Waals surface area contributed by atoms with E-state index >= 15 is 0 Å². The summed E-state index contributed by atoms with van der Waals surface area (Å²) in [5, 5.41) is 15.4. The van der Waals surface area contributed by atoms with Crippen LogP contribution in [-0.2, 0) is 5.75 Å². The Morgan fingerprint density at radius 3 is 2.85 bits per heavy atom. The predicted molar refractivity (Wildman–Crippen MR) is 48.9 cm³/mol. The molecule has 0 fully saturated rings. The van der Waals surface area contributed by atoms with Crippen LogP contribution in [0.5, 0.6) is 0 Å². The highest BCUT2D eigenvalue weighted by atomic mass is 32.2. The third-order valence-electron chi connectivity index (χ3n) is 1.24. The smallest absolute Gasteiger partial charge is 0.371 e. The summed E-state index contributed by atoms with van der Waals surface area (Å²) < 4.78 is 4.92. The Bertz CT molecular complexity index is 334. The fourth-order valence-electron chi connectivity index (χ4n) is 0.719. The summed E-state index contributed by atoms with van der Waals surface area (Å²) in [6.07, 6.45) is 0. The highest BCUT2D eigenvalue weighted by molar-refractivity contribution is 8.13. The number of nitrogens with one attached hydrogen (secondary N) is 1. The van der Waals surface area contributed by atoms with Crippen molar-refractivity contribution >= 4 is 22.9 Å². The molecule has 0 atom stereocenters. The molecule has 0 radical (unpaired) electrons. The van der Waals surface area contributed by atoms with Crippen molar-refractivity contribution in [1.29, 1.82) is 5.41 Å². The van der Waals surface area contributed by atoms with E-state index < -0.39 is 5.97 Å². The van der Waals surface area contributed by atoms with Crippen LogP contribution in [0.4, 0.5) is 0 Å². The zero-order chi connectivity index (χ0) is 9.84. The Kier molecular flexibility index (Phi) is 2.97. The molecule has 70 valence electrons. The van der Waals surface area contributed by atoms with Crippen molar-refractivity contribution in [1.82, 2.24) is 0 Å². The van der Waals surface area contributed by atoms with Gasteiger partial charge in [-0.3, -0.25) is 5.41 Å². The average Bonchev–Trinajstić information content (AvgIpc) is 2.48. The molecule has 0 aliphatic carbocycles. The average molecular weight is 200 g/mol. The lowest BCUT2D eigenvalue weighted by Gasteiger charge is -1.93. The number of carboxylic acid groups (broad SMARTS) is 1. The Morgan fingerprint density at radius 2 is 2.38 bits per heavy atom. The number of furan rings is 1. The van der Waals surface area contributed by atoms with E-state index in [9.17, 15) is 4.79 Å². The van der Waals surface area contributed by atoms with Crippen molar-refractivity contribution in [2.75, 3.05) is 0 Å². The summed E-state index contributed by atoms with van der Waals surface area (Å²) >= 11 is 1.08. The molecule has 1 heterocycles. The van der Waals surface area contributed by atoms with Crippen LogP contribution in [0.25, 0.3) is 0 Å². The van der Waals surface area contributed by atoms with Gasteiger partial charge in [0.05, 0.1) is 5.75 Å². The molecule has 4 N–H and O–H groups in total. The van der Waals surface area contributed by atoms with Gasteiger partial charge in [0, 0.05) is 0 Å². The van der Waals surface area contributed by atoms with E-state index in [0.717, 1.165) is 11.8 Å². The summed E-state index contributed by atoms with van der Waals surface area (Å²) in [4.78, 5) is 10.4. The number of nitrogens with two attached hydrogens (primary N) is 1. The highest BCUT2D eigenvalue weighted by Gasteiger charge is 2.08. The van der Waals surface area contributed by atoms with Gasteiger partial charge in [0.25, 0.3) is 0 Å². The maximum Gasteiger partial charge on any atom is 0.371 e. The van der Waals surface area contributed by atoms with Crippen LogP contribution in [0.1, 0.15) is 16.3 Å². The van der Waals surface area contributed by atoms with Crippen LogP contribution in [0.15, 0.2) is 16.5 Å². The maximum absolute atomic E-state index is 10.4. The quantitative estimate of drug-likeness (QED) is 0.501. The minimum Gasteiger partial charge on any atom is -0.475 e. The second kappa shape index (κ2) is 3.99. The second-order valence-electron chi connectivity index (χ2n) is 2.22. The first-order chi connectivity index (χ1) is 6.09. The SMILES string of the molecule is N=C(N)SCc1ccc(C(=O)O)o1. The molecule has 6 heteroatoms. The van der Waals surface area contributed by atoms with Gasteiger partial charge in [0.1, 0.15) is 5.76 Å². The Hall–Kier alpha value is -1.43. The zero-order valence-electron chi connectivity index (χ0n) is 6.61. The number of thioether (sulfide) groups is 1. The van der Waals surface area contributed by atoms with Gasteiger partial charge in [0.2, 0.25) is 5.76 Å². The van der Waals surface area contributed by atoms with Gasteiger partial charge < -0.3 is 15.3 Å². The lowest BCUT2D eigenvalue weighted by molar-refractivity contribution is 0.0661. The molecule has 0 spiro atoms. The van der Waals surface area contributed by atoms with Crippen LogP contribution < -0.4 is 5.73 Å². The molecule has 5 nitrogen and oxygen atoms in total. The monoisotopic (exact) mass is 200 g/mol. The summed E-state index contributed by atoms with van der Waals surface area (Å²) in [6.45, 7) is 0. The van der Waals surface area contributed by atoms with Crippen molar-refractivity contribution < 1.29 is 14.3 Å². The Labute approximate surface area is 78.4 Å². The molecule has 0 aromatic carbocycles. The molecule has 0 unspecified atom stereocenters. The zero-order valence-corrected chi connectivity index (χ0v) is 7.43. The summed E-state index contributed by atoms with van der Waals surface area (Å²) in [6, 6.07) is 2.93. The molecule has 1 rings (SSSR count). The fraction of sp³-hybridized carbons (Fsp3) is 0.143. The standard InChI is InChI=1S/C7H8N2O3S/c8-7(9)13-3-4-1-2-5(12-4)6(10)11/h1-2H,3H2,(H3,8,9)(H,10,11). The van der Waals surface area contributed by atoms with E-state index in [0.29, 0.717) is 11.5 Å². The van der Waals surface area contributed by atoms with Crippen LogP contribution in [0, 0.1) is 5.41 Å².